The standard InChI is InChI=1S/C20H18N4O4S2/c1-21-17(25)11-13(9-5-3-7-29-9)24-16-12(18(26)22(2)20(16)28)14(10-6-4-8-30-10)23(24)15(11)19(21)27/h3-8,11-16H,1-2H3/t11-,12-,13+,14+,15-,16+/m0/s1. The highest BCUT2D eigenvalue weighted by molar-refractivity contribution is 7.10. The minimum absolute atomic E-state index is 0.232. The van der Waals surface area contributed by atoms with E-state index in [1.54, 1.807) is 0 Å². The highest BCUT2D eigenvalue weighted by atomic mass is 32.1. The van der Waals surface area contributed by atoms with Crippen LogP contribution in [0.5, 0.6) is 0 Å². The molecule has 8 nitrogen and oxygen atoms in total. The Kier molecular flexibility index (Phi) is 3.72. The van der Waals surface area contributed by atoms with Crippen LogP contribution in [0.4, 0.5) is 0 Å². The van der Waals surface area contributed by atoms with Gasteiger partial charge in [-0.15, -0.1) is 22.7 Å². The van der Waals surface area contributed by atoms with Crippen LogP contribution in [0.1, 0.15) is 21.8 Å². The van der Waals surface area contributed by atoms with Crippen molar-refractivity contribution in [3.63, 3.8) is 0 Å². The average molecular weight is 443 g/mol. The van der Waals surface area contributed by atoms with Gasteiger partial charge in [0.2, 0.25) is 23.6 Å². The molecule has 0 spiro atoms. The van der Waals surface area contributed by atoms with E-state index in [4.69, 9.17) is 0 Å². The number of carbonyl (C=O) groups is 4. The number of carbonyl (C=O) groups excluding carboxylic acids is 4. The topological polar surface area (TPSA) is 81.2 Å². The Labute approximate surface area is 180 Å². The summed E-state index contributed by atoms with van der Waals surface area (Å²) in [6.07, 6.45) is 0. The quantitative estimate of drug-likeness (QED) is 0.648. The summed E-state index contributed by atoms with van der Waals surface area (Å²) < 4.78 is 0. The summed E-state index contributed by atoms with van der Waals surface area (Å²) >= 11 is 3.00. The molecule has 154 valence electrons. The lowest BCUT2D eigenvalue weighted by Crippen LogP contribution is -2.48. The number of likely N-dealkylation sites (tertiary alicyclic amines) is 2. The summed E-state index contributed by atoms with van der Waals surface area (Å²) in [5, 5.41) is 7.64. The van der Waals surface area contributed by atoms with E-state index in [1.165, 1.54) is 46.6 Å². The van der Waals surface area contributed by atoms with E-state index in [1.807, 2.05) is 45.0 Å². The van der Waals surface area contributed by atoms with E-state index < -0.39 is 36.0 Å². The van der Waals surface area contributed by atoms with Crippen LogP contribution in [-0.2, 0) is 19.2 Å². The van der Waals surface area contributed by atoms with E-state index >= 15 is 0 Å². The van der Waals surface area contributed by atoms with Gasteiger partial charge in [0.05, 0.1) is 23.9 Å². The second kappa shape index (κ2) is 6.07. The van der Waals surface area contributed by atoms with Gasteiger partial charge in [-0.1, -0.05) is 12.1 Å². The summed E-state index contributed by atoms with van der Waals surface area (Å²) in [5.74, 6) is -2.21. The predicted octanol–water partition coefficient (Wildman–Crippen LogP) is 1.10. The third-order valence-electron chi connectivity index (χ3n) is 6.84. The molecule has 6 rings (SSSR count). The van der Waals surface area contributed by atoms with Crippen molar-refractivity contribution in [1.29, 1.82) is 0 Å². The maximum atomic E-state index is 13.2. The molecule has 0 aromatic carbocycles. The van der Waals surface area contributed by atoms with Crippen LogP contribution >= 0.6 is 22.7 Å². The zero-order valence-electron chi connectivity index (χ0n) is 16.2. The summed E-state index contributed by atoms with van der Waals surface area (Å²) in [7, 11) is 3.03. The fourth-order valence-electron chi connectivity index (χ4n) is 5.59. The summed E-state index contributed by atoms with van der Waals surface area (Å²) in [6, 6.07) is 5.36. The number of hydrogen-bond donors (Lipinski definition) is 0. The van der Waals surface area contributed by atoms with Gasteiger partial charge in [0.1, 0.15) is 12.1 Å². The molecule has 0 bridgehead atoms. The molecular weight excluding hydrogens is 424 g/mol. The smallest absolute Gasteiger partial charge is 0.248 e. The monoisotopic (exact) mass is 442 g/mol. The summed E-state index contributed by atoms with van der Waals surface area (Å²) in [4.78, 5) is 56.8. The molecule has 0 N–H and O–H groups in total. The fourth-order valence-corrected chi connectivity index (χ4v) is 7.32. The Morgan fingerprint density at radius 2 is 1.03 bits per heavy atom. The number of rotatable bonds is 2. The maximum Gasteiger partial charge on any atom is 0.248 e. The molecule has 30 heavy (non-hydrogen) atoms. The van der Waals surface area contributed by atoms with Crippen molar-refractivity contribution in [2.45, 2.75) is 24.2 Å². The molecule has 0 unspecified atom stereocenters. The number of hydrazine groups is 1. The van der Waals surface area contributed by atoms with Crippen molar-refractivity contribution < 1.29 is 19.2 Å². The molecule has 0 radical (unpaired) electrons. The first-order valence-corrected chi connectivity index (χ1v) is 11.5. The first-order valence-electron chi connectivity index (χ1n) is 9.69. The Balaban J connectivity index is 1.59. The van der Waals surface area contributed by atoms with Crippen LogP contribution in [0.3, 0.4) is 0 Å². The lowest BCUT2D eigenvalue weighted by atomic mass is 9.88. The van der Waals surface area contributed by atoms with Gasteiger partial charge in [-0.25, -0.2) is 10.0 Å². The van der Waals surface area contributed by atoms with Gasteiger partial charge in [0.15, 0.2) is 0 Å². The van der Waals surface area contributed by atoms with E-state index in [0.29, 0.717) is 0 Å². The van der Waals surface area contributed by atoms with E-state index in [2.05, 4.69) is 0 Å². The van der Waals surface area contributed by atoms with Crippen molar-refractivity contribution in [2.75, 3.05) is 14.1 Å². The second-order valence-electron chi connectivity index (χ2n) is 8.09. The zero-order chi connectivity index (χ0) is 20.9. The van der Waals surface area contributed by atoms with Crippen LogP contribution in [0, 0.1) is 11.8 Å². The highest BCUT2D eigenvalue weighted by Crippen LogP contribution is 2.59. The van der Waals surface area contributed by atoms with Gasteiger partial charge >= 0.3 is 0 Å². The van der Waals surface area contributed by atoms with Crippen LogP contribution in [-0.4, -0.2) is 69.6 Å². The van der Waals surface area contributed by atoms with Crippen LogP contribution in [0.15, 0.2) is 35.0 Å². The number of imide groups is 2. The van der Waals surface area contributed by atoms with Gasteiger partial charge in [0, 0.05) is 23.8 Å². The lowest BCUT2D eigenvalue weighted by Gasteiger charge is -2.34. The van der Waals surface area contributed by atoms with Crippen molar-refractivity contribution in [2.24, 2.45) is 11.8 Å². The average Bonchev–Trinajstić information content (AvgIpc) is 3.54. The van der Waals surface area contributed by atoms with Crippen molar-refractivity contribution in [1.82, 2.24) is 19.8 Å². The van der Waals surface area contributed by atoms with Gasteiger partial charge in [0.25, 0.3) is 0 Å². The minimum atomic E-state index is -0.710. The third kappa shape index (κ3) is 2.02. The van der Waals surface area contributed by atoms with Crippen LogP contribution < -0.4 is 0 Å². The van der Waals surface area contributed by atoms with Crippen LogP contribution in [0.25, 0.3) is 0 Å². The van der Waals surface area contributed by atoms with E-state index in [0.717, 1.165) is 9.75 Å². The van der Waals surface area contributed by atoms with E-state index in [9.17, 15) is 19.2 Å². The van der Waals surface area contributed by atoms with Gasteiger partial charge in [-0.3, -0.25) is 29.0 Å². The maximum absolute atomic E-state index is 13.2. The molecule has 6 heterocycles. The highest BCUT2D eigenvalue weighted by Gasteiger charge is 2.73. The number of amides is 4. The fraction of sp³-hybridized carbons (Fsp3) is 0.400. The Morgan fingerprint density at radius 3 is 1.37 bits per heavy atom. The number of likely N-dealkylation sites (N-methyl/N-ethyl adjacent to an activating group) is 2. The minimum Gasteiger partial charge on any atom is -0.284 e. The van der Waals surface area contributed by atoms with Crippen LogP contribution in [0.2, 0.25) is 0 Å². The normalized spacial score (nSPS) is 36.2. The molecule has 6 atom stereocenters. The van der Waals surface area contributed by atoms with Gasteiger partial charge in [-0.2, -0.15) is 0 Å². The Bertz CT molecular complexity index is 998. The number of nitrogens with zero attached hydrogens (tertiary/aromatic N) is 4. The molecule has 0 aliphatic carbocycles. The number of hydrogen-bond acceptors (Lipinski definition) is 8. The van der Waals surface area contributed by atoms with Crippen molar-refractivity contribution in [3.05, 3.63) is 44.8 Å². The predicted molar refractivity (Wildman–Crippen MR) is 108 cm³/mol. The molecule has 10 heteroatoms. The summed E-state index contributed by atoms with van der Waals surface area (Å²) in [5.41, 5.74) is 0. The third-order valence-corrected chi connectivity index (χ3v) is 8.72. The largest absolute Gasteiger partial charge is 0.284 e. The zero-order valence-corrected chi connectivity index (χ0v) is 17.8. The number of thiophene rings is 2. The van der Waals surface area contributed by atoms with Crippen molar-refractivity contribution >= 4 is 46.3 Å². The number of fused-ring (bicyclic) bond motifs is 5. The molecule has 4 aliphatic rings. The molecule has 2 aromatic rings. The Morgan fingerprint density at radius 1 is 0.633 bits per heavy atom. The van der Waals surface area contributed by atoms with Gasteiger partial charge < -0.3 is 0 Å². The van der Waals surface area contributed by atoms with Gasteiger partial charge in [-0.05, 0) is 22.9 Å². The van der Waals surface area contributed by atoms with Crippen molar-refractivity contribution in [3.8, 4) is 0 Å². The first-order chi connectivity index (χ1) is 14.4. The Hall–Kier alpha value is -2.40. The molecule has 2 aromatic heterocycles. The van der Waals surface area contributed by atoms with E-state index in [-0.39, 0.29) is 23.6 Å². The SMILES string of the molecule is CN1C(=O)[C@@H]2[C@@H](C1=O)N1[C@H](c3cccs3)[C@@H]3C(=O)N(C)C(=O)[C@@H]3N1[C@@H]2c1cccs1. The molecule has 4 saturated heterocycles. The molecule has 4 aliphatic heterocycles. The lowest BCUT2D eigenvalue weighted by molar-refractivity contribution is -0.151. The first kappa shape index (κ1) is 18.4. The molecule has 0 saturated carbocycles. The molecule has 4 amide bonds. The second-order valence-corrected chi connectivity index (χ2v) is 10.1. The molecular formula is C20H18N4O4S2. The molecule has 4 fully saturated rings. The summed E-state index contributed by atoms with van der Waals surface area (Å²) in [6.45, 7) is 0.